The summed E-state index contributed by atoms with van der Waals surface area (Å²) in [7, 11) is -7.62. The maximum Gasteiger partial charge on any atom is 0.524 e. The lowest BCUT2D eigenvalue weighted by Crippen LogP contribution is -2.04. The fourth-order valence-corrected chi connectivity index (χ4v) is 6.06. The Morgan fingerprint density at radius 2 is 1.20 bits per heavy atom. The second-order valence-corrected chi connectivity index (χ2v) is 12.9. The van der Waals surface area contributed by atoms with Crippen molar-refractivity contribution in [3.05, 3.63) is 93.2 Å². The van der Waals surface area contributed by atoms with Crippen molar-refractivity contribution in [2.24, 2.45) is 0 Å². The molecule has 0 unspecified atom stereocenters. The second kappa shape index (κ2) is 12.7. The first-order chi connectivity index (χ1) is 23.5. The van der Waals surface area contributed by atoms with Crippen molar-refractivity contribution in [3.63, 3.8) is 0 Å². The molecule has 16 nitrogen and oxygen atoms in total. The van der Waals surface area contributed by atoms with Crippen LogP contribution >= 0.6 is 15.6 Å². The number of phosphoric ester groups is 2. The molecule has 6 rings (SSSR count). The van der Waals surface area contributed by atoms with Gasteiger partial charge in [-0.15, -0.1) is 0 Å². The van der Waals surface area contributed by atoms with E-state index >= 15 is 0 Å². The van der Waals surface area contributed by atoms with E-state index in [2.05, 4.69) is 4.52 Å². The minimum atomic E-state index is -5.31. The van der Waals surface area contributed by atoms with Crippen LogP contribution in [0.2, 0.25) is 0 Å². The molecule has 0 aliphatic carbocycles. The molecule has 6 aromatic rings. The summed E-state index contributed by atoms with van der Waals surface area (Å²) in [6.07, 6.45) is 0. The summed E-state index contributed by atoms with van der Waals surface area (Å²) in [4.78, 5) is 64.6. The highest BCUT2D eigenvalue weighted by Crippen LogP contribution is 2.50. The maximum absolute atomic E-state index is 13.4. The predicted octanol–water partition coefficient (Wildman–Crippen LogP) is 5.27. The summed E-state index contributed by atoms with van der Waals surface area (Å²) >= 11 is 0. The molecule has 0 aliphatic rings. The first-order valence-corrected chi connectivity index (χ1v) is 17.1. The van der Waals surface area contributed by atoms with Gasteiger partial charge in [0.25, 0.3) is 0 Å². The van der Waals surface area contributed by atoms with Crippen LogP contribution in [0.3, 0.4) is 0 Å². The molecule has 50 heavy (non-hydrogen) atoms. The number of phenolic OH excluding ortho intramolecular Hbond substituents is 2. The fraction of sp³-hybridized carbons (Fsp3) is 0.0625. The normalized spacial score (nSPS) is 11.9. The average Bonchev–Trinajstić information content (AvgIpc) is 3.02. The van der Waals surface area contributed by atoms with E-state index in [1.54, 1.807) is 24.3 Å². The molecule has 0 spiro atoms. The minimum absolute atomic E-state index is 0.00270. The second-order valence-electron chi connectivity index (χ2n) is 10.5. The van der Waals surface area contributed by atoms with Gasteiger partial charge in [0.2, 0.25) is 0 Å². The number of benzene rings is 4. The Bertz CT molecular complexity index is 2530. The Balaban J connectivity index is 1.64. The summed E-state index contributed by atoms with van der Waals surface area (Å²) in [6.45, 7) is 0. The van der Waals surface area contributed by atoms with Crippen LogP contribution in [0.4, 0.5) is 0 Å². The number of ether oxygens (including phenoxy) is 2. The van der Waals surface area contributed by atoms with Gasteiger partial charge in [-0.05, 0) is 42.5 Å². The van der Waals surface area contributed by atoms with Crippen LogP contribution in [0.1, 0.15) is 0 Å². The lowest BCUT2D eigenvalue weighted by Gasteiger charge is -2.18. The van der Waals surface area contributed by atoms with Crippen molar-refractivity contribution < 1.29 is 66.3 Å². The number of phenols is 2. The molecular formula is C32H24O16P2. The van der Waals surface area contributed by atoms with Gasteiger partial charge >= 0.3 is 15.6 Å². The molecule has 2 heterocycles. The molecule has 258 valence electrons. The van der Waals surface area contributed by atoms with E-state index in [1.807, 2.05) is 0 Å². The lowest BCUT2D eigenvalue weighted by molar-refractivity contribution is 0.280. The van der Waals surface area contributed by atoms with Crippen molar-refractivity contribution in [1.29, 1.82) is 0 Å². The molecule has 0 saturated heterocycles. The Morgan fingerprint density at radius 3 is 1.82 bits per heavy atom. The van der Waals surface area contributed by atoms with Gasteiger partial charge in [-0.3, -0.25) is 29.2 Å². The van der Waals surface area contributed by atoms with Crippen molar-refractivity contribution >= 4 is 37.6 Å². The van der Waals surface area contributed by atoms with Gasteiger partial charge in [-0.2, -0.15) is 0 Å². The maximum atomic E-state index is 13.4. The highest BCUT2D eigenvalue weighted by Gasteiger charge is 2.28. The van der Waals surface area contributed by atoms with Crippen LogP contribution in [0.15, 0.2) is 91.2 Å². The number of hydrogen-bond donors (Lipinski definition) is 6. The van der Waals surface area contributed by atoms with Crippen LogP contribution in [0.25, 0.3) is 55.7 Å². The molecule has 18 heteroatoms. The summed E-state index contributed by atoms with van der Waals surface area (Å²) in [5.74, 6) is -2.11. The van der Waals surface area contributed by atoms with E-state index in [-0.39, 0.29) is 55.9 Å². The molecule has 0 bridgehead atoms. The van der Waals surface area contributed by atoms with Crippen molar-refractivity contribution in [3.8, 4) is 68.3 Å². The highest BCUT2D eigenvalue weighted by molar-refractivity contribution is 7.47. The SMILES string of the molecule is COc1ccc(-c2cc(=O)c3c(O)cc(OP(=O)(O)O)c(-c4cc(-c5cc(=O)c6c(O)cc(OP(=O)(O)O)cc6o5)ccc4OC)c3o2)cc1. The Morgan fingerprint density at radius 1 is 0.600 bits per heavy atom. The molecule has 0 saturated carbocycles. The average molecular weight is 726 g/mol. The third kappa shape index (κ3) is 6.80. The first-order valence-electron chi connectivity index (χ1n) is 14.0. The molecule has 0 amide bonds. The Hall–Kier alpha value is -5.60. The molecule has 0 radical (unpaired) electrons. The first kappa shape index (κ1) is 34.3. The smallest absolute Gasteiger partial charge is 0.507 e. The Labute approximate surface area is 279 Å². The van der Waals surface area contributed by atoms with Crippen molar-refractivity contribution in [2.45, 2.75) is 0 Å². The van der Waals surface area contributed by atoms with Gasteiger partial charge in [-0.25, -0.2) is 9.13 Å². The van der Waals surface area contributed by atoms with Gasteiger partial charge in [0.1, 0.15) is 62.4 Å². The summed E-state index contributed by atoms with van der Waals surface area (Å²) < 4.78 is 55.7. The Kier molecular flexibility index (Phi) is 8.70. The van der Waals surface area contributed by atoms with Gasteiger partial charge in [0.15, 0.2) is 16.4 Å². The zero-order valence-electron chi connectivity index (χ0n) is 25.6. The van der Waals surface area contributed by atoms with E-state index < -0.39 is 49.5 Å². The van der Waals surface area contributed by atoms with E-state index in [0.29, 0.717) is 11.3 Å². The molecule has 6 N–H and O–H groups in total. The largest absolute Gasteiger partial charge is 0.524 e. The van der Waals surface area contributed by atoms with Crippen LogP contribution in [0, 0.1) is 0 Å². The number of fused-ring (bicyclic) bond motifs is 2. The number of aromatic hydroxyl groups is 2. The van der Waals surface area contributed by atoms with E-state index in [1.165, 1.54) is 32.4 Å². The van der Waals surface area contributed by atoms with Crippen LogP contribution in [-0.2, 0) is 9.13 Å². The molecule has 0 fully saturated rings. The van der Waals surface area contributed by atoms with E-state index in [9.17, 15) is 48.5 Å². The van der Waals surface area contributed by atoms with Crippen molar-refractivity contribution in [1.82, 2.24) is 0 Å². The zero-order chi connectivity index (χ0) is 36.1. The third-order valence-corrected chi connectivity index (χ3v) is 8.18. The monoisotopic (exact) mass is 726 g/mol. The lowest BCUT2D eigenvalue weighted by atomic mass is 9.96. The molecule has 0 atom stereocenters. The van der Waals surface area contributed by atoms with Crippen LogP contribution in [0.5, 0.6) is 34.5 Å². The van der Waals surface area contributed by atoms with Crippen LogP contribution < -0.4 is 29.4 Å². The summed E-state index contributed by atoms with van der Waals surface area (Å²) in [6, 6.07) is 15.4. The third-order valence-electron chi connectivity index (χ3n) is 7.30. The summed E-state index contributed by atoms with van der Waals surface area (Å²) in [5, 5.41) is 20.6. The highest BCUT2D eigenvalue weighted by atomic mass is 31.2. The zero-order valence-corrected chi connectivity index (χ0v) is 27.4. The minimum Gasteiger partial charge on any atom is -0.507 e. The standard InChI is InChI=1S/C32H24O16P2/c1-43-17-6-3-15(4-7-17)25-13-22(35)31-23(36)14-28(48-50(40,41)42)29(32(31)46-25)19-9-16(5-8-24(19)44-2)26-12-21(34)30-20(33)10-18(11-27(30)45-26)47-49(37,38)39/h3-14,33,36H,1-2H3,(H2,37,38,39)(H2,40,41,42). The van der Waals surface area contributed by atoms with Crippen LogP contribution in [-0.4, -0.2) is 44.0 Å². The van der Waals surface area contributed by atoms with Gasteiger partial charge < -0.3 is 37.6 Å². The molecular weight excluding hydrogens is 702 g/mol. The number of hydrogen-bond acceptors (Lipinski definition) is 12. The number of rotatable bonds is 9. The van der Waals surface area contributed by atoms with E-state index in [4.69, 9.17) is 22.8 Å². The number of phosphoric acid groups is 2. The summed E-state index contributed by atoms with van der Waals surface area (Å²) in [5.41, 5.74) is -1.88. The van der Waals surface area contributed by atoms with Gasteiger partial charge in [-0.1, -0.05) is 0 Å². The van der Waals surface area contributed by atoms with E-state index in [0.717, 1.165) is 30.3 Å². The fourth-order valence-electron chi connectivity index (χ4n) is 5.28. The quantitative estimate of drug-likeness (QED) is 0.104. The van der Waals surface area contributed by atoms with Crippen molar-refractivity contribution in [2.75, 3.05) is 14.2 Å². The molecule has 2 aromatic heterocycles. The molecule has 4 aromatic carbocycles. The number of methoxy groups -OCH3 is 2. The topological polar surface area (TPSA) is 253 Å². The molecule has 0 aliphatic heterocycles. The van der Waals surface area contributed by atoms with Gasteiger partial charge in [0.05, 0.1) is 19.8 Å². The predicted molar refractivity (Wildman–Crippen MR) is 177 cm³/mol. The van der Waals surface area contributed by atoms with Gasteiger partial charge in [0, 0.05) is 47.0 Å².